The molecule has 1 amide bonds. The van der Waals surface area contributed by atoms with E-state index in [1.807, 2.05) is 0 Å². The summed E-state index contributed by atoms with van der Waals surface area (Å²) in [6.07, 6.45) is -3.02. The van der Waals surface area contributed by atoms with Crippen molar-refractivity contribution < 1.29 is 22.7 Å². The highest BCUT2D eigenvalue weighted by Crippen LogP contribution is 2.37. The molecule has 5 nitrogen and oxygen atoms in total. The van der Waals surface area contributed by atoms with Gasteiger partial charge in [-0.15, -0.1) is 0 Å². The Bertz CT molecular complexity index is 513. The molecule has 1 aromatic rings. The molecule has 0 unspecified atom stereocenters. The Morgan fingerprint density at radius 1 is 1.38 bits per heavy atom. The van der Waals surface area contributed by atoms with Gasteiger partial charge in [0, 0.05) is 12.2 Å². The van der Waals surface area contributed by atoms with Crippen molar-refractivity contribution in [2.24, 2.45) is 0 Å². The summed E-state index contributed by atoms with van der Waals surface area (Å²) in [4.78, 5) is 11.5. The molecule has 1 aliphatic carbocycles. The molecule has 0 radical (unpaired) electrons. The largest absolute Gasteiger partial charge is 0.444 e. The first-order chi connectivity index (χ1) is 9.56. The van der Waals surface area contributed by atoms with Crippen molar-refractivity contribution >= 4 is 6.09 Å². The lowest BCUT2D eigenvalue weighted by Gasteiger charge is -2.37. The average Bonchev–Trinajstić information content (AvgIpc) is 2.67. The highest BCUT2D eigenvalue weighted by molar-refractivity contribution is 5.68. The molecule has 1 saturated carbocycles. The van der Waals surface area contributed by atoms with Gasteiger partial charge in [-0.25, -0.2) is 4.79 Å². The molecule has 1 N–H and O–H groups in total. The lowest BCUT2D eigenvalue weighted by Crippen LogP contribution is -2.47. The summed E-state index contributed by atoms with van der Waals surface area (Å²) in [5.41, 5.74) is -1.36. The van der Waals surface area contributed by atoms with Gasteiger partial charge in [0.15, 0.2) is 0 Å². The van der Waals surface area contributed by atoms with Crippen LogP contribution >= 0.6 is 0 Å². The number of ether oxygens (including phenoxy) is 1. The molecule has 0 aromatic carbocycles. The van der Waals surface area contributed by atoms with E-state index in [4.69, 9.17) is 4.74 Å². The van der Waals surface area contributed by atoms with Crippen molar-refractivity contribution in [3.63, 3.8) is 0 Å². The minimum Gasteiger partial charge on any atom is -0.444 e. The number of carbonyl (C=O) groups is 1. The van der Waals surface area contributed by atoms with E-state index in [-0.39, 0.29) is 12.1 Å². The number of nitrogens with one attached hydrogen (secondary N) is 1. The molecular weight excluding hydrogens is 287 g/mol. The number of rotatable bonds is 2. The Morgan fingerprint density at radius 3 is 2.52 bits per heavy atom. The first-order valence-electron chi connectivity index (χ1n) is 6.66. The quantitative estimate of drug-likeness (QED) is 0.913. The second-order valence-electron chi connectivity index (χ2n) is 6.13. The Morgan fingerprint density at radius 2 is 2.00 bits per heavy atom. The van der Waals surface area contributed by atoms with E-state index in [1.54, 1.807) is 20.8 Å². The number of hydrogen-bond acceptors (Lipinski definition) is 3. The van der Waals surface area contributed by atoms with Crippen LogP contribution in [-0.4, -0.2) is 27.5 Å². The van der Waals surface area contributed by atoms with Gasteiger partial charge in [-0.05, 0) is 39.7 Å². The lowest BCUT2D eigenvalue weighted by atomic mass is 9.87. The number of alkyl halides is 3. The van der Waals surface area contributed by atoms with E-state index in [0.29, 0.717) is 12.8 Å². The molecule has 1 fully saturated rings. The highest BCUT2D eigenvalue weighted by Gasteiger charge is 2.40. The highest BCUT2D eigenvalue weighted by atomic mass is 19.4. The fourth-order valence-electron chi connectivity index (χ4n) is 2.21. The first-order valence-corrected chi connectivity index (χ1v) is 6.66. The topological polar surface area (TPSA) is 56.1 Å². The van der Waals surface area contributed by atoms with Gasteiger partial charge >= 0.3 is 12.3 Å². The summed E-state index contributed by atoms with van der Waals surface area (Å²) < 4.78 is 44.3. The minimum atomic E-state index is -4.42. The third-order valence-electron chi connectivity index (χ3n) is 3.14. The molecule has 2 rings (SSSR count). The first kappa shape index (κ1) is 15.7. The van der Waals surface area contributed by atoms with Crippen LogP contribution in [0.5, 0.6) is 0 Å². The van der Waals surface area contributed by atoms with Gasteiger partial charge in [0.05, 0.1) is 6.04 Å². The Hall–Kier alpha value is -1.73. The summed E-state index contributed by atoms with van der Waals surface area (Å²) in [5, 5.41) is 6.37. The number of nitrogens with zero attached hydrogens (tertiary/aromatic N) is 2. The second kappa shape index (κ2) is 5.23. The van der Waals surface area contributed by atoms with E-state index < -0.39 is 23.6 Å². The van der Waals surface area contributed by atoms with Crippen LogP contribution in [0, 0.1) is 0 Å². The number of halogens is 3. The van der Waals surface area contributed by atoms with Crippen LogP contribution in [-0.2, 0) is 10.9 Å². The fourth-order valence-corrected chi connectivity index (χ4v) is 2.21. The van der Waals surface area contributed by atoms with Gasteiger partial charge in [-0.1, -0.05) is 0 Å². The van der Waals surface area contributed by atoms with E-state index in [0.717, 1.165) is 16.9 Å². The average molecular weight is 305 g/mol. The van der Waals surface area contributed by atoms with Gasteiger partial charge in [0.25, 0.3) is 0 Å². The lowest BCUT2D eigenvalue weighted by molar-refractivity contribution is -0.145. The predicted molar refractivity (Wildman–Crippen MR) is 68.7 cm³/mol. The third-order valence-corrected chi connectivity index (χ3v) is 3.14. The predicted octanol–water partition coefficient (Wildman–Crippen LogP) is 3.13. The zero-order chi connectivity index (χ0) is 15.8. The third kappa shape index (κ3) is 3.89. The van der Waals surface area contributed by atoms with Crippen molar-refractivity contribution in [2.45, 2.75) is 57.5 Å². The number of hydrogen-bond donors (Lipinski definition) is 1. The molecule has 1 aliphatic rings. The van der Waals surface area contributed by atoms with E-state index in [1.165, 1.54) is 0 Å². The maximum Gasteiger partial charge on any atom is 0.433 e. The summed E-state index contributed by atoms with van der Waals surface area (Å²) in [6.45, 7) is 5.24. The van der Waals surface area contributed by atoms with Crippen LogP contribution in [0.25, 0.3) is 0 Å². The standard InChI is InChI=1S/C13H18F3N3O2/c1-12(2,3)21-11(20)18-8-6-9(7-8)19-10(4-5-17-19)13(14,15)16/h4-5,8-9H,6-7H2,1-3H3,(H,18,20). The Kier molecular flexibility index (Phi) is 3.90. The maximum atomic E-state index is 12.7. The van der Waals surface area contributed by atoms with Crippen molar-refractivity contribution in [3.05, 3.63) is 18.0 Å². The van der Waals surface area contributed by atoms with E-state index in [2.05, 4.69) is 10.4 Å². The molecule has 0 saturated heterocycles. The molecule has 1 aromatic heterocycles. The van der Waals surface area contributed by atoms with Crippen LogP contribution in [0.1, 0.15) is 45.3 Å². The van der Waals surface area contributed by atoms with E-state index >= 15 is 0 Å². The second-order valence-corrected chi connectivity index (χ2v) is 6.13. The van der Waals surface area contributed by atoms with Crippen LogP contribution in [0.15, 0.2) is 12.3 Å². The smallest absolute Gasteiger partial charge is 0.433 e. The van der Waals surface area contributed by atoms with Gasteiger partial charge in [0.2, 0.25) is 0 Å². The number of amides is 1. The zero-order valence-corrected chi connectivity index (χ0v) is 12.1. The summed E-state index contributed by atoms with van der Waals surface area (Å²) in [7, 11) is 0. The summed E-state index contributed by atoms with van der Waals surface area (Å²) >= 11 is 0. The van der Waals surface area contributed by atoms with Crippen LogP contribution in [0.4, 0.5) is 18.0 Å². The molecule has 118 valence electrons. The van der Waals surface area contributed by atoms with E-state index in [9.17, 15) is 18.0 Å². The molecule has 1 heterocycles. The number of alkyl carbamates (subject to hydrolysis) is 1. The number of carbonyl (C=O) groups excluding carboxylic acids is 1. The molecule has 21 heavy (non-hydrogen) atoms. The molecule has 8 heteroatoms. The monoisotopic (exact) mass is 305 g/mol. The van der Waals surface area contributed by atoms with Crippen molar-refractivity contribution in [3.8, 4) is 0 Å². The normalized spacial score (nSPS) is 22.6. The maximum absolute atomic E-state index is 12.7. The van der Waals surface area contributed by atoms with Gasteiger partial charge < -0.3 is 10.1 Å². The number of aromatic nitrogens is 2. The van der Waals surface area contributed by atoms with Crippen molar-refractivity contribution in [1.29, 1.82) is 0 Å². The van der Waals surface area contributed by atoms with Crippen molar-refractivity contribution in [1.82, 2.24) is 15.1 Å². The summed E-state index contributed by atoms with van der Waals surface area (Å²) in [5.74, 6) is 0. The Balaban J connectivity index is 1.88. The van der Waals surface area contributed by atoms with Gasteiger partial charge in [-0.2, -0.15) is 18.3 Å². The minimum absolute atomic E-state index is 0.185. The SMILES string of the molecule is CC(C)(C)OC(=O)NC1CC(n2nccc2C(F)(F)F)C1. The summed E-state index contributed by atoms with van der Waals surface area (Å²) in [6, 6.07) is 0.418. The van der Waals surface area contributed by atoms with Crippen LogP contribution < -0.4 is 5.32 Å². The molecule has 0 aliphatic heterocycles. The molecule has 0 spiro atoms. The van der Waals surface area contributed by atoms with Gasteiger partial charge in [-0.3, -0.25) is 4.68 Å². The zero-order valence-electron chi connectivity index (χ0n) is 12.1. The Labute approximate surface area is 120 Å². The molecular formula is C13H18F3N3O2. The van der Waals surface area contributed by atoms with Crippen LogP contribution in [0.2, 0.25) is 0 Å². The fraction of sp³-hybridized carbons (Fsp3) is 0.692. The van der Waals surface area contributed by atoms with Crippen LogP contribution in [0.3, 0.4) is 0 Å². The van der Waals surface area contributed by atoms with Gasteiger partial charge in [0.1, 0.15) is 11.3 Å². The van der Waals surface area contributed by atoms with Crippen molar-refractivity contribution in [2.75, 3.05) is 0 Å². The molecule has 0 atom stereocenters. The molecule has 0 bridgehead atoms.